The number of ether oxygens (including phenoxy) is 2. The molecule has 0 amide bonds. The maximum Gasteiger partial charge on any atom is 2.00 e. The fourth-order valence-electron chi connectivity index (χ4n) is 6.35. The van der Waals surface area contributed by atoms with Gasteiger partial charge in [0.15, 0.2) is 0 Å². The molecule has 0 spiro atoms. The third-order valence-electron chi connectivity index (χ3n) is 9.67. The van der Waals surface area contributed by atoms with E-state index in [9.17, 15) is 20.4 Å². The molecule has 350 valence electrons. The van der Waals surface area contributed by atoms with Crippen LogP contribution >= 0.6 is 0 Å². The summed E-state index contributed by atoms with van der Waals surface area (Å²) in [6.45, 7) is 0.808. The van der Waals surface area contributed by atoms with Crippen molar-refractivity contribution >= 4 is 23.6 Å². The van der Waals surface area contributed by atoms with Crippen molar-refractivity contribution in [2.75, 3.05) is 26.2 Å². The first-order valence-electron chi connectivity index (χ1n) is 21.2. The number of aromatic nitrogens is 6. The van der Waals surface area contributed by atoms with E-state index in [1.165, 1.54) is 24.3 Å². The molecule has 18 heteroatoms. The van der Waals surface area contributed by atoms with Crippen LogP contribution in [0.4, 0.5) is 0 Å². The number of aliphatic imine (C=N–C) groups is 4. The summed E-state index contributed by atoms with van der Waals surface area (Å²) in [5.41, 5.74) is 4.39. The summed E-state index contributed by atoms with van der Waals surface area (Å²) in [5, 5.41) is 53.0. The van der Waals surface area contributed by atoms with Crippen LogP contribution in [0.15, 0.2) is 166 Å². The van der Waals surface area contributed by atoms with Gasteiger partial charge in [0.05, 0.1) is 22.8 Å². The molecule has 0 aliphatic heterocycles. The van der Waals surface area contributed by atoms with E-state index in [4.69, 9.17) is 9.47 Å². The molecule has 0 radical (unpaired) electrons. The van der Waals surface area contributed by atoms with E-state index >= 15 is 0 Å². The minimum Gasteiger partial charge on any atom is -0.857 e. The van der Waals surface area contributed by atoms with Crippen molar-refractivity contribution in [3.8, 4) is 11.5 Å². The molecule has 7 rings (SSSR count). The van der Waals surface area contributed by atoms with E-state index in [1.807, 2.05) is 97.1 Å². The predicted molar refractivity (Wildman–Crippen MR) is 241 cm³/mol. The molecule has 1 aromatic carbocycles. The Morgan fingerprint density at radius 3 is 0.941 bits per heavy atom. The summed E-state index contributed by atoms with van der Waals surface area (Å²) in [7, 11) is 0. The Morgan fingerprint density at radius 2 is 0.676 bits per heavy atom. The molecule has 7 aromatic rings. The zero-order chi connectivity index (χ0) is 45.8. The zero-order valence-electron chi connectivity index (χ0n) is 36.5. The Labute approximate surface area is 413 Å². The second-order valence-electron chi connectivity index (χ2n) is 14.6. The van der Waals surface area contributed by atoms with E-state index in [0.29, 0.717) is 25.7 Å². The maximum absolute atomic E-state index is 13.3. The van der Waals surface area contributed by atoms with E-state index < -0.39 is 23.6 Å². The van der Waals surface area contributed by atoms with Gasteiger partial charge in [0.1, 0.15) is 24.7 Å². The fourth-order valence-corrected chi connectivity index (χ4v) is 6.35. The quantitative estimate of drug-likeness (QED) is 0.0542. The van der Waals surface area contributed by atoms with Gasteiger partial charge >= 0.3 is 33.0 Å². The van der Waals surface area contributed by atoms with Crippen LogP contribution in [0.1, 0.15) is 56.7 Å². The topological polar surface area (TPSA) is 237 Å². The van der Waals surface area contributed by atoms with Crippen molar-refractivity contribution < 1.29 is 62.9 Å². The summed E-state index contributed by atoms with van der Waals surface area (Å²) in [6.07, 6.45) is 8.48. The Balaban J connectivity index is 0.00000432. The smallest absolute Gasteiger partial charge is 0.857 e. The standard InChI is InChI=1S/C50H48N10O6.2Ni/c61-47(55-24-16-37-12-1-5-20-51-37)43-29-41(30-44(59-43)48(62)56-25-17-38-13-2-6-21-52-38)65-33-35-10-9-11-36(28-35)34-66-42-31-45(49(63)57-26-18-39-14-3-7-22-53-39)60-46(32-42)50(64)58-27-19-40-15-4-8-23-54-40;;/h1-15,20-23,28-32H,16-19,24-27,33-34H2,(H,55,61)(H,56,62)(H,57,63)(H,58,64);;/q;2*+2/p-4. The van der Waals surface area contributed by atoms with Crippen LogP contribution in [0.5, 0.6) is 11.5 Å². The van der Waals surface area contributed by atoms with Gasteiger partial charge in [-0.15, -0.1) is 0 Å². The first kappa shape index (κ1) is 51.6. The Kier molecular flexibility index (Phi) is 20.7. The van der Waals surface area contributed by atoms with E-state index in [2.05, 4.69) is 49.9 Å². The molecule has 0 atom stereocenters. The van der Waals surface area contributed by atoms with Gasteiger partial charge in [-0.1, -0.05) is 42.5 Å². The van der Waals surface area contributed by atoms with Crippen LogP contribution in [-0.4, -0.2) is 79.7 Å². The summed E-state index contributed by atoms with van der Waals surface area (Å²) in [4.78, 5) is 42.4. The molecule has 0 aliphatic rings. The van der Waals surface area contributed by atoms with Crippen molar-refractivity contribution in [3.05, 3.63) is 203 Å². The average Bonchev–Trinajstić information content (AvgIpc) is 3.36. The second kappa shape index (κ2) is 27.3. The normalized spacial score (nSPS) is 11.9. The van der Waals surface area contributed by atoms with Crippen molar-refractivity contribution in [2.24, 2.45) is 20.0 Å². The van der Waals surface area contributed by atoms with E-state index in [1.54, 1.807) is 24.8 Å². The van der Waals surface area contributed by atoms with Crippen LogP contribution < -0.4 is 29.9 Å². The predicted octanol–water partition coefficient (Wildman–Crippen LogP) is 2.61. The maximum atomic E-state index is 13.3. The van der Waals surface area contributed by atoms with Crippen molar-refractivity contribution in [1.82, 2.24) is 29.9 Å². The molecule has 6 aromatic heterocycles. The number of hydrogen-bond acceptors (Lipinski definition) is 16. The third-order valence-corrected chi connectivity index (χ3v) is 9.67. The summed E-state index contributed by atoms with van der Waals surface area (Å²) < 4.78 is 12.3. The molecule has 68 heavy (non-hydrogen) atoms. The van der Waals surface area contributed by atoms with Gasteiger partial charge in [-0.05, 0) is 65.7 Å². The van der Waals surface area contributed by atoms with Gasteiger partial charge in [0, 0.05) is 147 Å². The number of benzene rings is 1. The molecule has 0 bridgehead atoms. The molecule has 0 saturated heterocycles. The molecular formula is C50H44N10Ni2O6. The minimum absolute atomic E-state index is 0. The molecule has 0 unspecified atom stereocenters. The Morgan fingerprint density at radius 1 is 0.382 bits per heavy atom. The number of pyridine rings is 6. The average molecular weight is 998 g/mol. The summed E-state index contributed by atoms with van der Waals surface area (Å²) in [5.74, 6) is -2.00. The van der Waals surface area contributed by atoms with E-state index in [-0.39, 0.29) is 107 Å². The Hall–Kier alpha value is -7.41. The van der Waals surface area contributed by atoms with Crippen LogP contribution in [0.25, 0.3) is 0 Å². The van der Waals surface area contributed by atoms with Crippen LogP contribution in [0.2, 0.25) is 0 Å². The molecule has 0 N–H and O–H groups in total. The van der Waals surface area contributed by atoms with Crippen LogP contribution in [0.3, 0.4) is 0 Å². The van der Waals surface area contributed by atoms with Crippen LogP contribution in [0, 0.1) is 0 Å². The van der Waals surface area contributed by atoms with Gasteiger partial charge in [-0.25, -0.2) is 9.97 Å². The van der Waals surface area contributed by atoms with Gasteiger partial charge in [0.25, 0.3) is 0 Å². The van der Waals surface area contributed by atoms with Crippen molar-refractivity contribution in [2.45, 2.75) is 38.9 Å². The first-order valence-corrected chi connectivity index (χ1v) is 21.2. The molecule has 6 heterocycles. The first-order chi connectivity index (χ1) is 32.3. The molecule has 0 fully saturated rings. The third kappa shape index (κ3) is 16.5. The monoisotopic (exact) mass is 996 g/mol. The summed E-state index contributed by atoms with van der Waals surface area (Å²) >= 11 is 0. The summed E-state index contributed by atoms with van der Waals surface area (Å²) in [6, 6.07) is 35.2. The molecule has 0 aliphatic carbocycles. The van der Waals surface area contributed by atoms with Gasteiger partial charge in [-0.3, -0.25) is 39.9 Å². The Bertz CT molecular complexity index is 2430. The molecule has 0 saturated carbocycles. The molecular weight excluding hydrogens is 954 g/mol. The van der Waals surface area contributed by atoms with Gasteiger partial charge < -0.3 is 29.9 Å². The number of rotatable bonds is 22. The van der Waals surface area contributed by atoms with Gasteiger partial charge in [-0.2, -0.15) is 0 Å². The van der Waals surface area contributed by atoms with Gasteiger partial charge in [0.2, 0.25) is 0 Å². The van der Waals surface area contributed by atoms with E-state index in [0.717, 1.165) is 33.9 Å². The van der Waals surface area contributed by atoms with Crippen molar-refractivity contribution in [1.29, 1.82) is 0 Å². The van der Waals surface area contributed by atoms with Crippen molar-refractivity contribution in [3.63, 3.8) is 0 Å². The minimum atomic E-state index is -0.611. The zero-order valence-corrected chi connectivity index (χ0v) is 38.5. The fraction of sp³-hybridized carbons (Fsp3) is 0.200. The van der Waals surface area contributed by atoms with Crippen LogP contribution in [-0.2, 0) is 71.9 Å². The SMILES string of the molecule is [Ni+2].[Ni+2].[O-]C(=NCCc1ccccn1)c1cc(OCc2cccc(COc3cc(C([O-])=NCCc4ccccn4)nc(C([O-])=NCCc4ccccn4)c3)c2)cc(C([O-])=NCCc2ccccn2)n1. The molecule has 16 nitrogen and oxygen atoms in total. The number of hydrogen-bond donors (Lipinski definition) is 0. The largest absolute Gasteiger partial charge is 2.00 e. The second-order valence-corrected chi connectivity index (χ2v) is 14.6. The number of nitrogens with zero attached hydrogens (tertiary/aromatic N) is 10.